The first-order valence-electron chi connectivity index (χ1n) is 13.6. The predicted molar refractivity (Wildman–Crippen MR) is 152 cm³/mol. The van der Waals surface area contributed by atoms with Gasteiger partial charge in [-0.15, -0.1) is 0 Å². The summed E-state index contributed by atoms with van der Waals surface area (Å²) in [4.78, 5) is 27.2. The minimum Gasteiger partial charge on any atom is -0.404 e. The topological polar surface area (TPSA) is 140 Å². The molecule has 1 fully saturated rings. The molecule has 10 nitrogen and oxygen atoms in total. The molecule has 0 unspecified atom stereocenters. The number of carbonyl (C=O) groups is 1. The number of hydrogen-bond donors (Lipinski definition) is 2. The number of imidazole rings is 1. The second-order valence-electron chi connectivity index (χ2n) is 10.7. The predicted octanol–water partition coefficient (Wildman–Crippen LogP) is 4.81. The van der Waals surface area contributed by atoms with E-state index in [2.05, 4.69) is 15.0 Å². The number of ketones is 1. The van der Waals surface area contributed by atoms with E-state index < -0.39 is 44.4 Å². The van der Waals surface area contributed by atoms with E-state index >= 15 is 0 Å². The van der Waals surface area contributed by atoms with Crippen molar-refractivity contribution in [2.24, 2.45) is 16.1 Å². The number of rotatable bonds is 5. The van der Waals surface area contributed by atoms with Gasteiger partial charge in [-0.1, -0.05) is 5.57 Å². The monoisotopic (exact) mass is 629 g/mol. The lowest BCUT2D eigenvalue weighted by Gasteiger charge is -2.46. The van der Waals surface area contributed by atoms with Crippen molar-refractivity contribution in [3.63, 3.8) is 0 Å². The maximum absolute atomic E-state index is 14.4. The van der Waals surface area contributed by atoms with Crippen LogP contribution in [0.2, 0.25) is 0 Å². The van der Waals surface area contributed by atoms with E-state index in [1.54, 1.807) is 10.6 Å². The van der Waals surface area contributed by atoms with Gasteiger partial charge in [-0.05, 0) is 67.1 Å². The quantitative estimate of drug-likeness (QED) is 0.307. The molecule has 2 aromatic heterocycles. The van der Waals surface area contributed by atoms with E-state index in [1.807, 2.05) is 0 Å². The summed E-state index contributed by atoms with van der Waals surface area (Å²) < 4.78 is 86.0. The van der Waals surface area contributed by atoms with Crippen molar-refractivity contribution in [3.05, 3.63) is 95.0 Å². The Morgan fingerprint density at radius 1 is 1.18 bits per heavy atom. The average Bonchev–Trinajstić information content (AvgIpc) is 3.46. The van der Waals surface area contributed by atoms with E-state index in [0.717, 1.165) is 12.3 Å². The third kappa shape index (κ3) is 5.24. The molecule has 4 heterocycles. The number of aliphatic imine (C=N–C) groups is 1. The van der Waals surface area contributed by atoms with Crippen LogP contribution in [-0.4, -0.2) is 54.2 Å². The molecule has 0 amide bonds. The summed E-state index contributed by atoms with van der Waals surface area (Å²) in [5.41, 5.74) is 5.39. The SMILES string of the molecule is N=[S@@](=O)(c1ncc2n1CCOC2)N1CCC2=CC(=Nc3ccc(F)cc3)C(=CN)C[C@]2(C(=O)c2cc(C(F)(F)F)ccn2)C1. The number of benzene rings is 1. The molecule has 3 aliphatic rings. The highest BCUT2D eigenvalue weighted by molar-refractivity contribution is 7.90. The Balaban J connectivity index is 1.46. The number of pyridine rings is 1. The number of allylic oxidation sites excluding steroid dienone is 2. The molecular weight excluding hydrogens is 602 g/mol. The third-order valence-electron chi connectivity index (χ3n) is 8.08. The zero-order valence-electron chi connectivity index (χ0n) is 23.2. The van der Waals surface area contributed by atoms with Crippen LogP contribution in [0.1, 0.15) is 34.6 Å². The highest BCUT2D eigenvalue weighted by Gasteiger charge is 2.52. The normalized spacial score (nSPS) is 24.0. The number of aromatic nitrogens is 3. The van der Waals surface area contributed by atoms with Crippen LogP contribution in [0.3, 0.4) is 0 Å². The minimum absolute atomic E-state index is 0.0204. The summed E-state index contributed by atoms with van der Waals surface area (Å²) in [7, 11) is -3.75. The van der Waals surface area contributed by atoms with Gasteiger partial charge in [0.05, 0.1) is 47.5 Å². The van der Waals surface area contributed by atoms with Gasteiger partial charge in [-0.25, -0.2) is 27.7 Å². The first-order chi connectivity index (χ1) is 20.9. The Bertz CT molecular complexity index is 1830. The van der Waals surface area contributed by atoms with E-state index in [4.69, 9.17) is 15.3 Å². The molecule has 6 rings (SSSR count). The van der Waals surface area contributed by atoms with Crippen LogP contribution in [0.15, 0.2) is 82.4 Å². The number of halogens is 4. The molecule has 1 aromatic carbocycles. The van der Waals surface area contributed by atoms with Gasteiger partial charge >= 0.3 is 6.18 Å². The number of nitrogens with two attached hydrogens (primary N) is 1. The number of hydrogen-bond acceptors (Lipinski definition) is 8. The molecule has 3 aromatic rings. The second kappa shape index (κ2) is 11.1. The van der Waals surface area contributed by atoms with Crippen LogP contribution in [0.4, 0.5) is 23.2 Å². The molecule has 0 bridgehead atoms. The molecule has 0 saturated carbocycles. The minimum atomic E-state index is -4.71. The van der Waals surface area contributed by atoms with Gasteiger partial charge < -0.3 is 15.0 Å². The summed E-state index contributed by atoms with van der Waals surface area (Å²) in [6.45, 7) is 0.783. The van der Waals surface area contributed by atoms with Crippen LogP contribution >= 0.6 is 0 Å². The molecule has 0 spiro atoms. The van der Waals surface area contributed by atoms with Crippen LogP contribution in [0, 0.1) is 16.0 Å². The summed E-state index contributed by atoms with van der Waals surface area (Å²) in [5, 5.41) is 0.0204. The number of Topliss-reactive ketones (excluding diaryl/α,β-unsaturated/α-hetero) is 1. The maximum atomic E-state index is 14.4. The molecule has 230 valence electrons. The van der Waals surface area contributed by atoms with Crippen LogP contribution < -0.4 is 5.73 Å². The fourth-order valence-electron chi connectivity index (χ4n) is 5.83. The maximum Gasteiger partial charge on any atom is 0.416 e. The molecule has 3 N–H and O–H groups in total. The van der Waals surface area contributed by atoms with Crippen molar-refractivity contribution in [3.8, 4) is 0 Å². The summed E-state index contributed by atoms with van der Waals surface area (Å²) >= 11 is 0. The number of nitrogens with zero attached hydrogens (tertiary/aromatic N) is 5. The van der Waals surface area contributed by atoms with Crippen molar-refractivity contribution >= 4 is 27.1 Å². The van der Waals surface area contributed by atoms with Gasteiger partial charge in [-0.2, -0.15) is 13.2 Å². The molecule has 2 aliphatic heterocycles. The Hall–Kier alpha value is -4.21. The van der Waals surface area contributed by atoms with Crippen LogP contribution in [-0.2, 0) is 34.0 Å². The first-order valence-corrected chi connectivity index (χ1v) is 15.1. The highest BCUT2D eigenvalue weighted by atomic mass is 32.2. The lowest BCUT2D eigenvalue weighted by molar-refractivity contribution is -0.137. The zero-order valence-corrected chi connectivity index (χ0v) is 24.0. The number of ether oxygens (including phenoxy) is 1. The van der Waals surface area contributed by atoms with E-state index in [9.17, 15) is 26.6 Å². The van der Waals surface area contributed by atoms with Crippen molar-refractivity contribution in [1.29, 1.82) is 4.78 Å². The Morgan fingerprint density at radius 2 is 1.95 bits per heavy atom. The van der Waals surface area contributed by atoms with Gasteiger partial charge in [0.1, 0.15) is 11.5 Å². The summed E-state index contributed by atoms with van der Waals surface area (Å²) in [6, 6.07) is 6.92. The van der Waals surface area contributed by atoms with Gasteiger partial charge in [0.15, 0.2) is 15.7 Å². The van der Waals surface area contributed by atoms with Gasteiger partial charge in [0.25, 0.3) is 0 Å². The van der Waals surface area contributed by atoms with Gasteiger partial charge in [0.2, 0.25) is 5.16 Å². The molecule has 1 saturated heterocycles. The molecule has 0 radical (unpaired) electrons. The molecule has 1 aliphatic carbocycles. The average molecular weight is 630 g/mol. The second-order valence-corrected chi connectivity index (χ2v) is 12.7. The Kier molecular flexibility index (Phi) is 7.50. The standard InChI is InChI=1S/C29H27F4N7O3S/c30-21-1-3-22(4-2-21)38-24-11-19-6-8-39(44(35,42)27-37-15-23-16-43-10-9-40(23)27)17-28(19,13-18(24)14-34)26(41)25-12-20(5-7-36-25)29(31,32)33/h1-5,7,11-12,14-15,35H,6,8-10,13,16-17,34H2/t28-,44-/m0/s1. The Labute approximate surface area is 250 Å². The number of piperidine rings is 1. The summed E-state index contributed by atoms with van der Waals surface area (Å²) in [6.07, 6.45) is 0.659. The lowest BCUT2D eigenvalue weighted by atomic mass is 9.64. The Morgan fingerprint density at radius 3 is 2.68 bits per heavy atom. The first kappa shape index (κ1) is 29.8. The lowest BCUT2D eigenvalue weighted by Crippen LogP contribution is -2.53. The zero-order chi connectivity index (χ0) is 31.3. The van der Waals surface area contributed by atoms with Crippen molar-refractivity contribution in [1.82, 2.24) is 18.8 Å². The molecule has 44 heavy (non-hydrogen) atoms. The molecule has 15 heteroatoms. The fraction of sp³-hybridized carbons (Fsp3) is 0.310. The smallest absolute Gasteiger partial charge is 0.404 e. The number of fused-ring (bicyclic) bond motifs is 2. The number of carbonyl (C=O) groups excluding carboxylic acids is 1. The van der Waals surface area contributed by atoms with E-state index in [0.29, 0.717) is 47.5 Å². The summed E-state index contributed by atoms with van der Waals surface area (Å²) in [5.74, 6) is -1.17. The van der Waals surface area contributed by atoms with Gasteiger partial charge in [0, 0.05) is 25.8 Å². The molecular formula is C29H27F4N7O3S. The van der Waals surface area contributed by atoms with Crippen molar-refractivity contribution in [2.45, 2.75) is 37.3 Å². The number of alkyl halides is 3. The molecule has 2 atom stereocenters. The highest BCUT2D eigenvalue weighted by Crippen LogP contribution is 2.48. The largest absolute Gasteiger partial charge is 0.416 e. The van der Waals surface area contributed by atoms with Gasteiger partial charge in [-0.3, -0.25) is 9.78 Å². The van der Waals surface area contributed by atoms with E-state index in [1.165, 1.54) is 41.0 Å². The van der Waals surface area contributed by atoms with Crippen molar-refractivity contribution in [2.75, 3.05) is 19.7 Å². The van der Waals surface area contributed by atoms with Crippen LogP contribution in [0.5, 0.6) is 0 Å². The fourth-order valence-corrected chi connectivity index (χ4v) is 7.52. The number of nitrogens with one attached hydrogen (secondary N) is 1. The van der Waals surface area contributed by atoms with E-state index in [-0.39, 0.29) is 37.7 Å². The van der Waals surface area contributed by atoms with Crippen molar-refractivity contribution < 1.29 is 31.3 Å². The third-order valence-corrected chi connectivity index (χ3v) is 9.94. The van der Waals surface area contributed by atoms with Crippen LogP contribution in [0.25, 0.3) is 0 Å².